The summed E-state index contributed by atoms with van der Waals surface area (Å²) in [6.45, 7) is 2.17. The number of carbonyl (C=O) groups is 1. The highest BCUT2D eigenvalue weighted by atomic mass is 16.1. The minimum atomic E-state index is -0.0301. The van der Waals surface area contributed by atoms with Crippen molar-refractivity contribution in [3.8, 4) is 0 Å². The van der Waals surface area contributed by atoms with Gasteiger partial charge in [-0.25, -0.2) is 0 Å². The fourth-order valence-corrected chi connectivity index (χ4v) is 1.68. The van der Waals surface area contributed by atoms with Crippen LogP contribution in [0.15, 0.2) is 42.7 Å². The van der Waals surface area contributed by atoms with E-state index in [1.54, 1.807) is 24.5 Å². The van der Waals surface area contributed by atoms with Gasteiger partial charge in [0.05, 0.1) is 0 Å². The zero-order valence-electron chi connectivity index (χ0n) is 10.2. The summed E-state index contributed by atoms with van der Waals surface area (Å²) >= 11 is 0. The van der Waals surface area contributed by atoms with Gasteiger partial charge in [-0.2, -0.15) is 0 Å². The fraction of sp³-hybridized carbons (Fsp3) is 0.143. The molecule has 0 saturated carbocycles. The molecule has 0 saturated heterocycles. The zero-order chi connectivity index (χ0) is 13.0. The number of ketones is 1. The highest BCUT2D eigenvalue weighted by Crippen LogP contribution is 2.18. The Morgan fingerprint density at radius 2 is 2.22 bits per heavy atom. The van der Waals surface area contributed by atoms with E-state index in [1.165, 1.54) is 6.92 Å². The third-order valence-electron chi connectivity index (χ3n) is 2.65. The molecule has 1 heterocycles. The molecule has 0 radical (unpaired) electrons. The average Bonchev–Trinajstić information content (AvgIpc) is 2.38. The first-order chi connectivity index (χ1) is 8.66. The molecule has 4 nitrogen and oxygen atoms in total. The van der Waals surface area contributed by atoms with Crippen molar-refractivity contribution in [2.24, 2.45) is 0 Å². The summed E-state index contributed by atoms with van der Waals surface area (Å²) in [7, 11) is 0. The third-order valence-corrected chi connectivity index (χ3v) is 2.65. The van der Waals surface area contributed by atoms with Gasteiger partial charge in [0, 0.05) is 35.9 Å². The van der Waals surface area contributed by atoms with Crippen LogP contribution in [0.1, 0.15) is 22.8 Å². The maximum Gasteiger partial charge on any atom is 0.161 e. The predicted molar refractivity (Wildman–Crippen MR) is 72.4 cm³/mol. The lowest BCUT2D eigenvalue weighted by Gasteiger charge is -2.09. The fourth-order valence-electron chi connectivity index (χ4n) is 1.68. The molecule has 4 heteroatoms. The number of pyridine rings is 1. The molecule has 92 valence electrons. The Hall–Kier alpha value is -2.36. The van der Waals surface area contributed by atoms with Crippen molar-refractivity contribution in [1.82, 2.24) is 4.98 Å². The number of carbonyl (C=O) groups excluding carboxylic acids is 1. The van der Waals surface area contributed by atoms with Crippen LogP contribution in [0.25, 0.3) is 0 Å². The average molecular weight is 241 g/mol. The number of Topliss-reactive ketones (excluding diaryl/α,β-unsaturated/α-hetero) is 1. The molecule has 0 aliphatic heterocycles. The molecule has 2 rings (SSSR count). The minimum absolute atomic E-state index is 0.0301. The van der Waals surface area contributed by atoms with Crippen molar-refractivity contribution in [2.75, 3.05) is 11.1 Å². The van der Waals surface area contributed by atoms with E-state index in [0.717, 1.165) is 11.3 Å². The van der Waals surface area contributed by atoms with Crippen molar-refractivity contribution in [1.29, 1.82) is 0 Å². The molecule has 18 heavy (non-hydrogen) atoms. The first kappa shape index (κ1) is 12.1. The van der Waals surface area contributed by atoms with Crippen LogP contribution in [0.4, 0.5) is 11.4 Å². The molecular weight excluding hydrogens is 226 g/mol. The summed E-state index contributed by atoms with van der Waals surface area (Å²) in [6.07, 6.45) is 3.54. The van der Waals surface area contributed by atoms with Crippen LogP contribution in [0.5, 0.6) is 0 Å². The topological polar surface area (TPSA) is 68.0 Å². The van der Waals surface area contributed by atoms with Crippen molar-refractivity contribution in [3.05, 3.63) is 53.9 Å². The highest BCUT2D eigenvalue weighted by molar-refractivity contribution is 5.99. The van der Waals surface area contributed by atoms with E-state index in [-0.39, 0.29) is 5.78 Å². The molecule has 0 fully saturated rings. The summed E-state index contributed by atoms with van der Waals surface area (Å²) < 4.78 is 0. The van der Waals surface area contributed by atoms with Gasteiger partial charge >= 0.3 is 0 Å². The lowest BCUT2D eigenvalue weighted by molar-refractivity contribution is 0.101. The van der Waals surface area contributed by atoms with E-state index in [2.05, 4.69) is 10.3 Å². The summed E-state index contributed by atoms with van der Waals surface area (Å²) in [5.41, 5.74) is 8.75. The Morgan fingerprint density at radius 3 is 2.89 bits per heavy atom. The molecule has 3 N–H and O–H groups in total. The van der Waals surface area contributed by atoms with E-state index >= 15 is 0 Å². The van der Waals surface area contributed by atoms with E-state index in [9.17, 15) is 4.79 Å². The van der Waals surface area contributed by atoms with Crippen LogP contribution in [0, 0.1) is 0 Å². The number of nitrogen functional groups attached to an aromatic ring is 1. The van der Waals surface area contributed by atoms with Crippen molar-refractivity contribution < 1.29 is 4.79 Å². The van der Waals surface area contributed by atoms with Gasteiger partial charge in [0.25, 0.3) is 0 Å². The molecule has 1 aromatic carbocycles. The number of benzene rings is 1. The van der Waals surface area contributed by atoms with Crippen LogP contribution in [0.3, 0.4) is 0 Å². The van der Waals surface area contributed by atoms with Crippen LogP contribution in [-0.2, 0) is 6.54 Å². The monoisotopic (exact) mass is 241 g/mol. The first-order valence-electron chi connectivity index (χ1n) is 5.70. The number of hydrogen-bond donors (Lipinski definition) is 2. The van der Waals surface area contributed by atoms with Gasteiger partial charge in [-0.1, -0.05) is 6.07 Å². The summed E-state index contributed by atoms with van der Waals surface area (Å²) in [5.74, 6) is -0.0301. The van der Waals surface area contributed by atoms with Gasteiger partial charge in [-0.05, 0) is 36.8 Å². The molecule has 0 aliphatic carbocycles. The van der Waals surface area contributed by atoms with Crippen molar-refractivity contribution in [3.63, 3.8) is 0 Å². The zero-order valence-corrected chi connectivity index (χ0v) is 10.2. The van der Waals surface area contributed by atoms with Crippen LogP contribution in [0.2, 0.25) is 0 Å². The Labute approximate surface area is 106 Å². The molecule has 0 atom stereocenters. The summed E-state index contributed by atoms with van der Waals surface area (Å²) in [5, 5.41) is 3.24. The molecular formula is C14H15N3O. The Bertz CT molecular complexity index is 552. The smallest absolute Gasteiger partial charge is 0.161 e. The van der Waals surface area contributed by atoms with Gasteiger partial charge in [0.15, 0.2) is 5.78 Å². The SMILES string of the molecule is CC(=O)c1cc(NCc2cccnc2)ccc1N. The Kier molecular flexibility index (Phi) is 3.57. The second kappa shape index (κ2) is 5.31. The lowest BCUT2D eigenvalue weighted by atomic mass is 10.1. The van der Waals surface area contributed by atoms with Gasteiger partial charge in [-0.15, -0.1) is 0 Å². The standard InChI is InChI=1S/C14H15N3O/c1-10(18)13-7-12(4-5-14(13)15)17-9-11-3-2-6-16-8-11/h2-8,17H,9,15H2,1H3. The number of hydrogen-bond acceptors (Lipinski definition) is 4. The van der Waals surface area contributed by atoms with E-state index in [0.29, 0.717) is 17.8 Å². The second-order valence-corrected chi connectivity index (χ2v) is 4.07. The third kappa shape index (κ3) is 2.85. The quantitative estimate of drug-likeness (QED) is 0.637. The van der Waals surface area contributed by atoms with Gasteiger partial charge in [0.2, 0.25) is 0 Å². The Morgan fingerprint density at radius 1 is 1.39 bits per heavy atom. The highest BCUT2D eigenvalue weighted by Gasteiger charge is 2.05. The molecule has 0 spiro atoms. The van der Waals surface area contributed by atoms with Crippen LogP contribution >= 0.6 is 0 Å². The van der Waals surface area contributed by atoms with Crippen molar-refractivity contribution in [2.45, 2.75) is 13.5 Å². The molecule has 0 aliphatic rings. The van der Waals surface area contributed by atoms with Gasteiger partial charge < -0.3 is 11.1 Å². The summed E-state index contributed by atoms with van der Waals surface area (Å²) in [4.78, 5) is 15.4. The second-order valence-electron chi connectivity index (χ2n) is 4.07. The van der Waals surface area contributed by atoms with E-state index in [1.807, 2.05) is 18.2 Å². The van der Waals surface area contributed by atoms with Crippen LogP contribution in [-0.4, -0.2) is 10.8 Å². The molecule has 0 unspecified atom stereocenters. The number of nitrogens with two attached hydrogens (primary N) is 1. The molecule has 0 amide bonds. The summed E-state index contributed by atoms with van der Waals surface area (Å²) in [6, 6.07) is 9.25. The minimum Gasteiger partial charge on any atom is -0.398 e. The van der Waals surface area contributed by atoms with E-state index in [4.69, 9.17) is 5.73 Å². The van der Waals surface area contributed by atoms with E-state index < -0.39 is 0 Å². The normalized spacial score (nSPS) is 10.1. The number of aromatic nitrogens is 1. The lowest BCUT2D eigenvalue weighted by Crippen LogP contribution is -2.03. The number of nitrogens with one attached hydrogen (secondary N) is 1. The van der Waals surface area contributed by atoms with Gasteiger partial charge in [-0.3, -0.25) is 9.78 Å². The first-order valence-corrected chi connectivity index (χ1v) is 5.70. The maximum atomic E-state index is 11.4. The number of anilines is 2. The maximum absolute atomic E-state index is 11.4. The molecule has 0 bridgehead atoms. The number of nitrogens with zero attached hydrogens (tertiary/aromatic N) is 1. The van der Waals surface area contributed by atoms with Crippen molar-refractivity contribution >= 4 is 17.2 Å². The predicted octanol–water partition coefficient (Wildman–Crippen LogP) is 2.48. The molecule has 2 aromatic rings. The van der Waals surface area contributed by atoms with Crippen LogP contribution < -0.4 is 11.1 Å². The largest absolute Gasteiger partial charge is 0.398 e. The Balaban J connectivity index is 2.11. The molecule has 1 aromatic heterocycles. The number of rotatable bonds is 4. The van der Waals surface area contributed by atoms with Gasteiger partial charge in [0.1, 0.15) is 0 Å².